The van der Waals surface area contributed by atoms with E-state index in [1.54, 1.807) is 6.08 Å². The van der Waals surface area contributed by atoms with Gasteiger partial charge in [-0.05, 0) is 25.1 Å². The van der Waals surface area contributed by atoms with Gasteiger partial charge in [-0.1, -0.05) is 122 Å². The number of aromatic amines is 1. The van der Waals surface area contributed by atoms with Crippen LogP contribution in [0.1, 0.15) is 30.0 Å². The molecule has 7 aromatic rings. The van der Waals surface area contributed by atoms with Crippen molar-refractivity contribution in [1.29, 1.82) is 0 Å². The summed E-state index contributed by atoms with van der Waals surface area (Å²) in [6.07, 6.45) is 13.1. The molecule has 0 amide bonds. The molecule has 0 saturated heterocycles. The first-order valence-electron chi connectivity index (χ1n) is 15.3. The van der Waals surface area contributed by atoms with Gasteiger partial charge in [0.2, 0.25) is 0 Å². The van der Waals surface area contributed by atoms with Crippen molar-refractivity contribution in [3.8, 4) is 22.8 Å². The van der Waals surface area contributed by atoms with Gasteiger partial charge in [0, 0.05) is 67.1 Å². The molecule has 1 aliphatic rings. The SMILES string of the molecule is C=C/C=C\C(=C/C)c1nc(-c2ccccc2)nc(-c2cccc3[nH]c4c(c23)C=CC(n2c3ccccc3c3ccccc32)C4)n1. The molecule has 0 bridgehead atoms. The number of hydrogen-bond donors (Lipinski definition) is 1. The normalized spacial score (nSPS) is 15.0. The van der Waals surface area contributed by atoms with E-state index < -0.39 is 0 Å². The van der Waals surface area contributed by atoms with Crippen LogP contribution in [0.5, 0.6) is 0 Å². The average molecular weight is 582 g/mol. The second-order valence-electron chi connectivity index (χ2n) is 11.3. The summed E-state index contributed by atoms with van der Waals surface area (Å²) in [4.78, 5) is 18.7. The molecular formula is C40H31N5. The second kappa shape index (κ2) is 11.0. The number of nitrogens with one attached hydrogen (secondary N) is 1. The maximum atomic E-state index is 5.04. The van der Waals surface area contributed by atoms with Crippen molar-refractivity contribution >= 4 is 44.4 Å². The first-order chi connectivity index (χ1) is 22.2. The Labute approximate surface area is 261 Å². The highest BCUT2D eigenvalue weighted by Gasteiger charge is 2.25. The fourth-order valence-electron chi connectivity index (χ4n) is 6.64. The van der Waals surface area contributed by atoms with Gasteiger partial charge in [-0.3, -0.25) is 0 Å². The van der Waals surface area contributed by atoms with Gasteiger partial charge >= 0.3 is 0 Å². The highest BCUT2D eigenvalue weighted by atomic mass is 15.0. The van der Waals surface area contributed by atoms with Crippen LogP contribution in [0, 0.1) is 0 Å². The van der Waals surface area contributed by atoms with Crippen LogP contribution in [-0.2, 0) is 6.42 Å². The highest BCUT2D eigenvalue weighted by Crippen LogP contribution is 2.40. The lowest BCUT2D eigenvalue weighted by Crippen LogP contribution is -2.12. The van der Waals surface area contributed by atoms with Crippen molar-refractivity contribution in [3.63, 3.8) is 0 Å². The summed E-state index contributed by atoms with van der Waals surface area (Å²) in [6, 6.07) is 34.0. The largest absolute Gasteiger partial charge is 0.358 e. The summed E-state index contributed by atoms with van der Waals surface area (Å²) in [5, 5.41) is 3.70. The lowest BCUT2D eigenvalue weighted by molar-refractivity contribution is 0.628. The molecule has 0 aliphatic heterocycles. The molecule has 4 aromatic carbocycles. The summed E-state index contributed by atoms with van der Waals surface area (Å²) in [7, 11) is 0. The molecule has 5 nitrogen and oxygen atoms in total. The van der Waals surface area contributed by atoms with Crippen LogP contribution in [0.15, 0.2) is 134 Å². The molecule has 0 spiro atoms. The van der Waals surface area contributed by atoms with Gasteiger partial charge in [-0.25, -0.2) is 15.0 Å². The number of para-hydroxylation sites is 2. The smallest absolute Gasteiger partial charge is 0.164 e. The molecular weight excluding hydrogens is 550 g/mol. The van der Waals surface area contributed by atoms with Crippen LogP contribution in [0.3, 0.4) is 0 Å². The summed E-state index contributed by atoms with van der Waals surface area (Å²) in [5.74, 6) is 1.92. The van der Waals surface area contributed by atoms with Crippen molar-refractivity contribution < 1.29 is 0 Å². The summed E-state index contributed by atoms with van der Waals surface area (Å²) < 4.78 is 2.48. The Kier molecular flexibility index (Phi) is 6.57. The fourth-order valence-corrected chi connectivity index (χ4v) is 6.64. The molecule has 3 aromatic heterocycles. The van der Waals surface area contributed by atoms with Gasteiger partial charge in [0.1, 0.15) is 0 Å². The number of hydrogen-bond acceptors (Lipinski definition) is 3. The maximum Gasteiger partial charge on any atom is 0.164 e. The minimum Gasteiger partial charge on any atom is -0.358 e. The topological polar surface area (TPSA) is 59.4 Å². The molecule has 216 valence electrons. The van der Waals surface area contributed by atoms with E-state index in [1.165, 1.54) is 33.1 Å². The van der Waals surface area contributed by atoms with Crippen molar-refractivity contribution in [2.45, 2.75) is 19.4 Å². The number of fused-ring (bicyclic) bond motifs is 6. The molecule has 1 atom stereocenters. The number of nitrogens with zero attached hydrogens (tertiary/aromatic N) is 4. The maximum absolute atomic E-state index is 5.04. The Balaban J connectivity index is 1.28. The Hall–Kier alpha value is -5.81. The van der Waals surface area contributed by atoms with Crippen LogP contribution in [0.25, 0.3) is 67.1 Å². The molecule has 45 heavy (non-hydrogen) atoms. The third-order valence-electron chi connectivity index (χ3n) is 8.68. The fraction of sp³-hybridized carbons (Fsp3) is 0.0750. The van der Waals surface area contributed by atoms with Crippen LogP contribution in [0.2, 0.25) is 0 Å². The molecule has 3 heterocycles. The van der Waals surface area contributed by atoms with Crippen LogP contribution < -0.4 is 0 Å². The first kappa shape index (κ1) is 26.8. The Bertz CT molecular complexity index is 2280. The van der Waals surface area contributed by atoms with Gasteiger partial charge in [0.05, 0.1) is 6.04 Å². The van der Waals surface area contributed by atoms with Gasteiger partial charge < -0.3 is 9.55 Å². The minimum absolute atomic E-state index is 0.182. The number of H-pyrrole nitrogens is 1. The lowest BCUT2D eigenvalue weighted by atomic mass is 9.96. The third-order valence-corrected chi connectivity index (χ3v) is 8.68. The number of rotatable bonds is 6. The zero-order chi connectivity index (χ0) is 30.3. The van der Waals surface area contributed by atoms with E-state index in [2.05, 4.69) is 95.0 Å². The Morgan fingerprint density at radius 1 is 0.822 bits per heavy atom. The molecule has 8 rings (SSSR count). The first-order valence-corrected chi connectivity index (χ1v) is 15.3. The average Bonchev–Trinajstić information content (AvgIpc) is 3.64. The molecule has 1 aliphatic carbocycles. The minimum atomic E-state index is 0.182. The molecule has 0 saturated carbocycles. The Morgan fingerprint density at radius 2 is 1.53 bits per heavy atom. The van der Waals surface area contributed by atoms with Crippen LogP contribution in [-0.4, -0.2) is 24.5 Å². The van der Waals surface area contributed by atoms with E-state index >= 15 is 0 Å². The predicted octanol–water partition coefficient (Wildman–Crippen LogP) is 9.75. The predicted molar refractivity (Wildman–Crippen MR) is 187 cm³/mol. The highest BCUT2D eigenvalue weighted by molar-refractivity contribution is 6.08. The molecule has 5 heteroatoms. The van der Waals surface area contributed by atoms with E-state index in [0.29, 0.717) is 17.5 Å². The van der Waals surface area contributed by atoms with Crippen molar-refractivity contribution in [2.24, 2.45) is 0 Å². The van der Waals surface area contributed by atoms with Gasteiger partial charge in [-0.2, -0.15) is 0 Å². The van der Waals surface area contributed by atoms with E-state index in [0.717, 1.165) is 34.0 Å². The van der Waals surface area contributed by atoms with Gasteiger partial charge in [0.25, 0.3) is 0 Å². The van der Waals surface area contributed by atoms with Crippen molar-refractivity contribution in [3.05, 3.63) is 151 Å². The molecule has 0 radical (unpaired) electrons. The quantitative estimate of drug-likeness (QED) is 0.199. The Morgan fingerprint density at radius 3 is 2.27 bits per heavy atom. The van der Waals surface area contributed by atoms with E-state index in [-0.39, 0.29) is 6.04 Å². The summed E-state index contributed by atoms with van der Waals surface area (Å²) >= 11 is 0. The zero-order valence-electron chi connectivity index (χ0n) is 25.0. The van der Waals surface area contributed by atoms with E-state index in [1.807, 2.05) is 55.5 Å². The summed E-state index contributed by atoms with van der Waals surface area (Å²) in [5.41, 5.74) is 8.83. The molecule has 1 unspecified atom stereocenters. The van der Waals surface area contributed by atoms with E-state index in [9.17, 15) is 0 Å². The molecule has 1 N–H and O–H groups in total. The van der Waals surface area contributed by atoms with Crippen molar-refractivity contribution in [2.75, 3.05) is 0 Å². The lowest BCUT2D eigenvalue weighted by Gasteiger charge is -2.21. The van der Waals surface area contributed by atoms with Crippen molar-refractivity contribution in [1.82, 2.24) is 24.5 Å². The second-order valence-corrected chi connectivity index (χ2v) is 11.3. The summed E-state index contributed by atoms with van der Waals surface area (Å²) in [6.45, 7) is 5.83. The number of aromatic nitrogens is 5. The van der Waals surface area contributed by atoms with E-state index in [4.69, 9.17) is 15.0 Å². The monoisotopic (exact) mass is 581 g/mol. The van der Waals surface area contributed by atoms with Crippen LogP contribution >= 0.6 is 0 Å². The number of allylic oxidation sites excluding steroid dienone is 6. The molecule has 0 fully saturated rings. The third kappa shape index (κ3) is 4.52. The van der Waals surface area contributed by atoms with Gasteiger partial charge in [-0.15, -0.1) is 0 Å². The standard InChI is InChI=1S/C40H31N5/c1-3-5-14-26(4-2)38-42-39(27-15-7-6-8-16-27)44-40(43-38)32-19-13-20-33-37(32)31-24-23-28(25-34(31)41-33)45-35-21-11-9-17-29(35)30-18-10-12-22-36(30)45/h3-24,28,41H,1,25H2,2H3/b14-5-,26-4+. The van der Waals surface area contributed by atoms with Gasteiger partial charge in [0.15, 0.2) is 17.5 Å². The number of benzene rings is 4. The van der Waals surface area contributed by atoms with Crippen LogP contribution in [0.4, 0.5) is 0 Å². The zero-order valence-corrected chi connectivity index (χ0v) is 25.0.